The number of rotatable bonds is 2. The molecule has 0 aliphatic heterocycles. The molecule has 1 rings (SSSR count). The summed E-state index contributed by atoms with van der Waals surface area (Å²) in [6, 6.07) is 1.59. The number of halogens is 3. The lowest BCUT2D eigenvalue weighted by molar-refractivity contribution is -0.141. The van der Waals surface area contributed by atoms with Crippen molar-refractivity contribution in [1.29, 1.82) is 0 Å². The number of carboxylic acids is 1. The molecule has 1 N–H and O–H groups in total. The third-order valence-corrected chi connectivity index (χ3v) is 1.63. The second kappa shape index (κ2) is 3.76. The van der Waals surface area contributed by atoms with Crippen LogP contribution in [0.5, 0.6) is 0 Å². The summed E-state index contributed by atoms with van der Waals surface area (Å²) in [6.07, 6.45) is -3.77. The normalized spacial score (nSPS) is 11.4. The van der Waals surface area contributed by atoms with Gasteiger partial charge >= 0.3 is 12.1 Å². The molecule has 0 amide bonds. The van der Waals surface area contributed by atoms with E-state index >= 15 is 0 Å². The highest BCUT2D eigenvalue weighted by atomic mass is 19.4. The van der Waals surface area contributed by atoms with Crippen LogP contribution in [0.1, 0.15) is 5.56 Å². The van der Waals surface area contributed by atoms with Gasteiger partial charge in [-0.3, -0.25) is 9.59 Å². The zero-order chi connectivity index (χ0) is 11.6. The Labute approximate surface area is 81.6 Å². The Bertz CT molecular complexity index is 435. The minimum atomic E-state index is -4.77. The van der Waals surface area contributed by atoms with Crippen LogP contribution in [0.2, 0.25) is 0 Å². The number of hydrogen-bond acceptors (Lipinski definition) is 2. The van der Waals surface area contributed by atoms with Gasteiger partial charge in [-0.15, -0.1) is 0 Å². The van der Waals surface area contributed by atoms with Gasteiger partial charge in [0.1, 0.15) is 12.1 Å². The van der Waals surface area contributed by atoms with E-state index in [1.165, 1.54) is 0 Å². The fourth-order valence-corrected chi connectivity index (χ4v) is 1.02. The van der Waals surface area contributed by atoms with Crippen molar-refractivity contribution in [1.82, 2.24) is 4.57 Å². The van der Waals surface area contributed by atoms with Crippen molar-refractivity contribution in [3.05, 3.63) is 34.2 Å². The van der Waals surface area contributed by atoms with Crippen LogP contribution >= 0.6 is 0 Å². The van der Waals surface area contributed by atoms with Gasteiger partial charge in [0, 0.05) is 6.20 Å². The molecule has 0 aliphatic carbocycles. The molecule has 0 saturated carbocycles. The molecule has 0 radical (unpaired) electrons. The van der Waals surface area contributed by atoms with Gasteiger partial charge in [0.2, 0.25) is 0 Å². The number of carboxylic acid groups (broad SMARTS) is 1. The maximum absolute atomic E-state index is 12.2. The monoisotopic (exact) mass is 221 g/mol. The number of aromatic nitrogens is 1. The summed E-state index contributed by atoms with van der Waals surface area (Å²) in [6.45, 7) is -0.789. The van der Waals surface area contributed by atoms with Crippen molar-refractivity contribution < 1.29 is 23.1 Å². The van der Waals surface area contributed by atoms with Gasteiger partial charge in [0.25, 0.3) is 5.56 Å². The van der Waals surface area contributed by atoms with Gasteiger partial charge in [0.05, 0.1) is 0 Å². The number of hydrogen-bond donors (Lipinski definition) is 1. The van der Waals surface area contributed by atoms with Crippen LogP contribution in [0.4, 0.5) is 13.2 Å². The fourth-order valence-electron chi connectivity index (χ4n) is 1.02. The third-order valence-electron chi connectivity index (χ3n) is 1.63. The summed E-state index contributed by atoms with van der Waals surface area (Å²) >= 11 is 0. The molecule has 0 unspecified atom stereocenters. The van der Waals surface area contributed by atoms with Crippen molar-refractivity contribution in [3.8, 4) is 0 Å². The van der Waals surface area contributed by atoms with E-state index in [2.05, 4.69) is 0 Å². The molecular weight excluding hydrogens is 215 g/mol. The summed E-state index contributed by atoms with van der Waals surface area (Å²) < 4.78 is 37.1. The zero-order valence-corrected chi connectivity index (χ0v) is 7.28. The molecule has 1 heterocycles. The van der Waals surface area contributed by atoms with Crippen molar-refractivity contribution >= 4 is 5.97 Å². The smallest absolute Gasteiger partial charge is 0.421 e. The van der Waals surface area contributed by atoms with E-state index in [1.807, 2.05) is 0 Å². The number of nitrogens with zero attached hydrogens (tertiary/aromatic N) is 1. The van der Waals surface area contributed by atoms with Gasteiger partial charge in [-0.25, -0.2) is 0 Å². The molecule has 7 heteroatoms. The minimum Gasteiger partial charge on any atom is -0.480 e. The first kappa shape index (κ1) is 11.3. The lowest BCUT2D eigenvalue weighted by atomic mass is 10.2. The quantitative estimate of drug-likeness (QED) is 0.808. The first-order valence-electron chi connectivity index (χ1n) is 3.81. The van der Waals surface area contributed by atoms with Crippen LogP contribution < -0.4 is 5.56 Å². The molecule has 15 heavy (non-hydrogen) atoms. The Kier molecular flexibility index (Phi) is 2.83. The average Bonchev–Trinajstić information content (AvgIpc) is 2.05. The van der Waals surface area contributed by atoms with Crippen LogP contribution in [0.3, 0.4) is 0 Å². The van der Waals surface area contributed by atoms with Crippen molar-refractivity contribution in [3.63, 3.8) is 0 Å². The van der Waals surface area contributed by atoms with Crippen LogP contribution in [0.25, 0.3) is 0 Å². The summed E-state index contributed by atoms with van der Waals surface area (Å²) in [5, 5.41) is 8.34. The Hall–Kier alpha value is -1.79. The standard InChI is InChI=1S/C8H6F3NO3/c9-8(10,11)5-2-1-3-12(7(5)15)4-6(13)14/h1-3H,4H2,(H,13,14). The predicted octanol–water partition coefficient (Wildman–Crippen LogP) is 0.952. The lowest BCUT2D eigenvalue weighted by Crippen LogP contribution is -2.30. The summed E-state index contributed by atoms with van der Waals surface area (Å²) in [5.41, 5.74) is -2.72. The Balaban J connectivity index is 3.24. The second-order valence-corrected chi connectivity index (χ2v) is 2.75. The molecule has 0 bridgehead atoms. The van der Waals surface area contributed by atoms with Crippen molar-refractivity contribution in [2.24, 2.45) is 0 Å². The topological polar surface area (TPSA) is 59.3 Å². The van der Waals surface area contributed by atoms with Gasteiger partial charge in [-0.05, 0) is 12.1 Å². The molecule has 0 aliphatic rings. The maximum atomic E-state index is 12.2. The minimum absolute atomic E-state index is 0.491. The third kappa shape index (κ3) is 2.58. The number of carbonyl (C=O) groups is 1. The Morgan fingerprint density at radius 3 is 2.53 bits per heavy atom. The highest BCUT2D eigenvalue weighted by Gasteiger charge is 2.34. The van der Waals surface area contributed by atoms with Gasteiger partial charge in [-0.1, -0.05) is 0 Å². The highest BCUT2D eigenvalue weighted by molar-refractivity contribution is 5.66. The largest absolute Gasteiger partial charge is 0.480 e. The highest BCUT2D eigenvalue weighted by Crippen LogP contribution is 2.25. The number of pyridine rings is 1. The molecule has 0 spiro atoms. The molecule has 1 aromatic heterocycles. The van der Waals surface area contributed by atoms with E-state index in [4.69, 9.17) is 5.11 Å². The van der Waals surface area contributed by atoms with Crippen LogP contribution in [-0.2, 0) is 17.5 Å². The molecule has 0 saturated heterocycles. The molecular formula is C8H6F3NO3. The summed E-state index contributed by atoms with van der Waals surface area (Å²) in [7, 11) is 0. The van der Waals surface area contributed by atoms with Crippen LogP contribution in [0, 0.1) is 0 Å². The van der Waals surface area contributed by atoms with E-state index in [1.54, 1.807) is 0 Å². The molecule has 82 valence electrons. The molecule has 0 atom stereocenters. The van der Waals surface area contributed by atoms with Gasteiger partial charge < -0.3 is 9.67 Å². The van der Waals surface area contributed by atoms with E-state index in [0.717, 1.165) is 12.3 Å². The SMILES string of the molecule is O=C(O)Cn1cccc(C(F)(F)F)c1=O. The number of alkyl halides is 3. The first-order valence-corrected chi connectivity index (χ1v) is 3.81. The second-order valence-electron chi connectivity index (χ2n) is 2.75. The van der Waals surface area contributed by atoms with E-state index in [0.29, 0.717) is 10.6 Å². The molecule has 4 nitrogen and oxygen atoms in total. The number of aliphatic carboxylic acids is 1. The van der Waals surface area contributed by atoms with Crippen molar-refractivity contribution in [2.75, 3.05) is 0 Å². The zero-order valence-electron chi connectivity index (χ0n) is 7.28. The Morgan fingerprint density at radius 2 is 2.07 bits per heavy atom. The van der Waals surface area contributed by atoms with E-state index < -0.39 is 29.8 Å². The van der Waals surface area contributed by atoms with E-state index in [-0.39, 0.29) is 0 Å². The summed E-state index contributed by atoms with van der Waals surface area (Å²) in [5.74, 6) is -1.38. The maximum Gasteiger partial charge on any atom is 0.421 e. The van der Waals surface area contributed by atoms with Gasteiger partial charge in [-0.2, -0.15) is 13.2 Å². The summed E-state index contributed by atoms with van der Waals surface area (Å²) in [4.78, 5) is 21.4. The van der Waals surface area contributed by atoms with E-state index in [9.17, 15) is 22.8 Å². The van der Waals surface area contributed by atoms with Crippen LogP contribution in [0.15, 0.2) is 23.1 Å². The first-order chi connectivity index (χ1) is 6.82. The molecule has 1 aromatic rings. The Morgan fingerprint density at radius 1 is 1.47 bits per heavy atom. The van der Waals surface area contributed by atoms with Crippen LogP contribution in [-0.4, -0.2) is 15.6 Å². The average molecular weight is 221 g/mol. The van der Waals surface area contributed by atoms with Gasteiger partial charge in [0.15, 0.2) is 0 Å². The molecule has 0 fully saturated rings. The molecule has 0 aromatic carbocycles. The predicted molar refractivity (Wildman–Crippen MR) is 43.3 cm³/mol. The van der Waals surface area contributed by atoms with Crippen molar-refractivity contribution in [2.45, 2.75) is 12.7 Å². The fraction of sp³-hybridized carbons (Fsp3) is 0.250. The lowest BCUT2D eigenvalue weighted by Gasteiger charge is -2.08.